The molecular weight excluding hydrogens is 797 g/mol. The highest BCUT2D eigenvalue weighted by Crippen LogP contribution is 2.48. The lowest BCUT2D eigenvalue weighted by Crippen LogP contribution is -2.77. The number of anilines is 1. The first kappa shape index (κ1) is 45.4. The molecule has 2 aromatic rings. The number of alkyl carbamates (subject to hydrolysis) is 1. The number of ether oxygens (including phenoxy) is 1. The minimum atomic E-state index is -2.14. The van der Waals surface area contributed by atoms with Crippen molar-refractivity contribution in [3.63, 3.8) is 0 Å². The van der Waals surface area contributed by atoms with Crippen LogP contribution in [0, 0.1) is 0 Å². The van der Waals surface area contributed by atoms with Gasteiger partial charge >= 0.3 is 12.1 Å². The second-order valence-electron chi connectivity index (χ2n) is 18.5. The number of guanidine groups is 2. The number of carbonyl (C=O) groups is 2. The summed E-state index contributed by atoms with van der Waals surface area (Å²) in [5, 5.41) is 33.4. The van der Waals surface area contributed by atoms with Crippen molar-refractivity contribution in [1.82, 2.24) is 21.3 Å². The van der Waals surface area contributed by atoms with Gasteiger partial charge in [0.2, 0.25) is 23.0 Å². The summed E-state index contributed by atoms with van der Waals surface area (Å²) in [4.78, 5) is 31.9. The Kier molecular flexibility index (Phi) is 13.4. The molecule has 0 aromatic heterocycles. The molecule has 10 N–H and O–H groups in total. The van der Waals surface area contributed by atoms with Gasteiger partial charge in [-0.15, -0.1) is 0 Å². The van der Waals surface area contributed by atoms with Crippen LogP contribution in [0.5, 0.6) is 0 Å². The number of aliphatic hydroxyl groups is 2. The molecule has 0 bridgehead atoms. The predicted octanol–water partition coefficient (Wildman–Crippen LogP) is 3.82. The van der Waals surface area contributed by atoms with Crippen molar-refractivity contribution in [3.8, 4) is 0 Å². The standard InChI is InChI=1S/C48H66N10O5/c1-45(2)33-20-13-15-22-36(33)56(5)38(45)24-10-8-11-25-39-46(3,4)34-21-14-16-23-37(34)57(39)30-19-9-12-26-40(59)51-28-17-6-7-18-29-52-44(60)63-32-35-41-48(55-42(49)54-41)47(61,62)27-31-58(48)43(50)53-35/h8,10-11,13-16,20-25,35,41,61-62H,6-7,9,12,17-19,26-32H2,1-5H3,(H6-,49,50,51,52,53,54,55,59,60)/p+2/t35?,41-,48-/m0/s1. The summed E-state index contributed by atoms with van der Waals surface area (Å²) in [5.41, 5.74) is 18.3. The summed E-state index contributed by atoms with van der Waals surface area (Å²) >= 11 is 0. The first-order chi connectivity index (χ1) is 30.1. The molecule has 15 nitrogen and oxygen atoms in total. The van der Waals surface area contributed by atoms with Crippen molar-refractivity contribution in [1.29, 1.82) is 0 Å². The second-order valence-corrected chi connectivity index (χ2v) is 18.5. The highest BCUT2D eigenvalue weighted by molar-refractivity contribution is 6.03. The third kappa shape index (κ3) is 8.95. The first-order valence-electron chi connectivity index (χ1n) is 22.6. The number of amides is 2. The van der Waals surface area contributed by atoms with Crippen molar-refractivity contribution in [2.45, 2.75) is 120 Å². The van der Waals surface area contributed by atoms with Gasteiger partial charge in [-0.25, -0.2) is 14.4 Å². The van der Waals surface area contributed by atoms with Crippen molar-refractivity contribution < 1.29 is 33.7 Å². The quantitative estimate of drug-likeness (QED) is 0.0471. The molecule has 3 atom stereocenters. The normalized spacial score (nSPS) is 24.3. The number of allylic oxidation sites excluding steroid dienone is 6. The van der Waals surface area contributed by atoms with Crippen molar-refractivity contribution in [2.75, 3.05) is 44.7 Å². The van der Waals surface area contributed by atoms with E-state index in [2.05, 4.69) is 149 Å². The number of aliphatic imine (C=N–C) groups is 1. The third-order valence-corrected chi connectivity index (χ3v) is 13.6. The van der Waals surface area contributed by atoms with E-state index in [0.29, 0.717) is 26.1 Å². The average molecular weight is 865 g/mol. The minimum Gasteiger partial charge on any atom is -0.446 e. The van der Waals surface area contributed by atoms with Gasteiger partial charge in [-0.3, -0.25) is 15.8 Å². The summed E-state index contributed by atoms with van der Waals surface area (Å²) in [6.07, 6.45) is 17.1. The molecule has 5 aliphatic heterocycles. The Morgan fingerprint density at radius 1 is 0.905 bits per heavy atom. The van der Waals surface area contributed by atoms with Gasteiger partial charge in [-0.05, 0) is 57.2 Å². The zero-order valence-electron chi connectivity index (χ0n) is 37.6. The fourth-order valence-corrected chi connectivity index (χ4v) is 10.2. The Morgan fingerprint density at radius 2 is 1.60 bits per heavy atom. The van der Waals surface area contributed by atoms with E-state index in [1.54, 1.807) is 4.58 Å². The lowest BCUT2D eigenvalue weighted by atomic mass is 9.81. The van der Waals surface area contributed by atoms with Crippen LogP contribution in [0.25, 0.3) is 0 Å². The van der Waals surface area contributed by atoms with Crippen LogP contribution >= 0.6 is 0 Å². The number of rotatable bonds is 18. The fraction of sp³-hybridized carbons (Fsp3) is 0.521. The van der Waals surface area contributed by atoms with E-state index >= 15 is 0 Å². The van der Waals surface area contributed by atoms with Crippen LogP contribution in [0.4, 0.5) is 16.2 Å². The van der Waals surface area contributed by atoms with Crippen LogP contribution < -0.4 is 37.6 Å². The average Bonchev–Trinajstić information content (AvgIpc) is 3.88. The number of para-hydroxylation sites is 2. The van der Waals surface area contributed by atoms with Crippen LogP contribution in [0.15, 0.2) is 89.6 Å². The van der Waals surface area contributed by atoms with E-state index in [1.165, 1.54) is 33.9 Å². The molecule has 15 heteroatoms. The van der Waals surface area contributed by atoms with Gasteiger partial charge in [0.05, 0.1) is 12.0 Å². The molecule has 5 aliphatic rings. The van der Waals surface area contributed by atoms with Gasteiger partial charge in [-0.1, -0.05) is 87.7 Å². The Hall–Kier alpha value is -5.67. The zero-order valence-corrected chi connectivity index (χ0v) is 37.6. The molecule has 5 heterocycles. The Morgan fingerprint density at radius 3 is 2.37 bits per heavy atom. The highest BCUT2D eigenvalue weighted by atomic mass is 16.5. The number of nitrogens with one attached hydrogen (secondary N) is 4. The number of benzene rings is 2. The number of hydrogen-bond acceptors (Lipinski definition) is 11. The van der Waals surface area contributed by atoms with Gasteiger partial charge in [-0.2, -0.15) is 4.58 Å². The van der Waals surface area contributed by atoms with Crippen molar-refractivity contribution in [3.05, 3.63) is 95.7 Å². The molecule has 1 unspecified atom stereocenters. The molecule has 338 valence electrons. The Bertz CT molecular complexity index is 2240. The van der Waals surface area contributed by atoms with Crippen molar-refractivity contribution >= 4 is 41.0 Å². The molecule has 0 radical (unpaired) electrons. The van der Waals surface area contributed by atoms with Crippen LogP contribution in [-0.4, -0.2) is 112 Å². The van der Waals surface area contributed by atoms with E-state index < -0.39 is 29.6 Å². The maximum absolute atomic E-state index is 12.6. The van der Waals surface area contributed by atoms with E-state index in [0.717, 1.165) is 51.5 Å². The van der Waals surface area contributed by atoms with E-state index in [1.807, 2.05) is 0 Å². The smallest absolute Gasteiger partial charge is 0.407 e. The molecular formula is C48H68N10O5+2. The van der Waals surface area contributed by atoms with E-state index in [-0.39, 0.29) is 41.7 Å². The summed E-state index contributed by atoms with van der Waals surface area (Å²) in [5.74, 6) is -1.77. The monoisotopic (exact) mass is 865 g/mol. The molecule has 1 fully saturated rings. The Labute approximate surface area is 371 Å². The van der Waals surface area contributed by atoms with Crippen LogP contribution in [0.3, 0.4) is 0 Å². The number of hydrogen-bond donors (Lipinski definition) is 8. The summed E-state index contributed by atoms with van der Waals surface area (Å²) < 4.78 is 9.36. The second kappa shape index (κ2) is 18.6. The number of fused-ring (bicyclic) bond motifs is 2. The number of carbonyl (C=O) groups excluding carboxylic acids is 2. The van der Waals surface area contributed by atoms with Crippen molar-refractivity contribution in [2.24, 2.45) is 16.5 Å². The fourth-order valence-electron chi connectivity index (χ4n) is 10.2. The van der Waals surface area contributed by atoms with Gasteiger partial charge in [0.1, 0.15) is 19.7 Å². The topological polar surface area (TPSA) is 206 Å². The third-order valence-electron chi connectivity index (χ3n) is 13.6. The van der Waals surface area contributed by atoms with E-state index in [4.69, 9.17) is 16.2 Å². The maximum Gasteiger partial charge on any atom is 0.407 e. The lowest BCUT2D eigenvalue weighted by molar-refractivity contribution is -0.623. The van der Waals surface area contributed by atoms with Crippen LogP contribution in [0.2, 0.25) is 0 Å². The van der Waals surface area contributed by atoms with Crippen LogP contribution in [-0.2, 0) is 20.4 Å². The summed E-state index contributed by atoms with van der Waals surface area (Å²) in [6, 6.07) is 16.0. The molecule has 2 amide bonds. The predicted molar refractivity (Wildman–Crippen MR) is 247 cm³/mol. The molecule has 0 aliphatic carbocycles. The highest BCUT2D eigenvalue weighted by Gasteiger charge is 2.71. The SMILES string of the molecule is C[N+]1=C(/C=C/C=C/C=C2/N(CCCCCC(=O)NCCCCCCNC(=O)OCC3NC(N)=[N+]4CCC(O)(O)[C@@]45NC(N)=N[C@@H]35)c3ccccc3C2(C)C)C(C)(C)c2ccccc21. The number of nitrogens with zero attached hydrogens (tertiary/aromatic N) is 4. The molecule has 1 saturated heterocycles. The van der Waals surface area contributed by atoms with Gasteiger partial charge in [0.25, 0.3) is 0 Å². The van der Waals surface area contributed by atoms with Gasteiger partial charge in [0.15, 0.2) is 17.7 Å². The zero-order chi connectivity index (χ0) is 45.0. The first-order valence-corrected chi connectivity index (χ1v) is 22.6. The van der Waals surface area contributed by atoms with Crippen LogP contribution in [0.1, 0.15) is 96.6 Å². The minimum absolute atomic E-state index is 0.0443. The Balaban J connectivity index is 0.769. The molecule has 0 saturated carbocycles. The molecule has 1 spiro atoms. The van der Waals surface area contributed by atoms with E-state index in [9.17, 15) is 19.8 Å². The number of nitrogens with two attached hydrogens (primary N) is 2. The number of unbranched alkanes of at least 4 members (excludes halogenated alkanes) is 5. The maximum atomic E-state index is 12.6. The lowest BCUT2D eigenvalue weighted by Gasteiger charge is -2.42. The molecule has 2 aromatic carbocycles. The molecule has 63 heavy (non-hydrogen) atoms. The largest absolute Gasteiger partial charge is 0.446 e. The van der Waals surface area contributed by atoms with Gasteiger partial charge in [0, 0.05) is 67.0 Å². The summed E-state index contributed by atoms with van der Waals surface area (Å²) in [6.45, 7) is 11.3. The van der Waals surface area contributed by atoms with Gasteiger partial charge < -0.3 is 41.5 Å². The summed E-state index contributed by atoms with van der Waals surface area (Å²) in [7, 11) is 2.15. The molecule has 7 rings (SSSR count).